The van der Waals surface area contributed by atoms with Gasteiger partial charge in [-0.05, 0) is 147 Å². The fourth-order valence-electron chi connectivity index (χ4n) is 10.8. The highest BCUT2D eigenvalue weighted by atomic mass is 16.3. The zero-order valence-electron chi connectivity index (χ0n) is 37.6. The first-order valence-electron chi connectivity index (χ1n) is 23.6. The molecule has 0 bridgehead atoms. The summed E-state index contributed by atoms with van der Waals surface area (Å²) in [6.45, 7) is 0. The van der Waals surface area contributed by atoms with Crippen molar-refractivity contribution in [1.82, 2.24) is 9.13 Å². The Morgan fingerprint density at radius 1 is 0.203 bits per heavy atom. The van der Waals surface area contributed by atoms with E-state index in [9.17, 15) is 0 Å². The van der Waals surface area contributed by atoms with E-state index in [0.717, 1.165) is 55.5 Å². The number of hydrogen-bond donors (Lipinski definition) is 0. The second-order valence-corrected chi connectivity index (χ2v) is 18.1. The minimum Gasteiger partial charge on any atom is -0.456 e. The van der Waals surface area contributed by atoms with Crippen molar-refractivity contribution in [2.75, 3.05) is 0 Å². The van der Waals surface area contributed by atoms with Crippen molar-refractivity contribution >= 4 is 65.6 Å². The number of nitrogens with zero attached hydrogens (tertiary/aromatic N) is 2. The van der Waals surface area contributed by atoms with E-state index in [1.165, 1.54) is 77.1 Å². The first-order valence-corrected chi connectivity index (χ1v) is 23.6. The second-order valence-electron chi connectivity index (χ2n) is 18.1. The van der Waals surface area contributed by atoms with Crippen molar-refractivity contribution < 1.29 is 4.42 Å². The van der Waals surface area contributed by atoms with Gasteiger partial charge in [0.1, 0.15) is 11.2 Å². The second kappa shape index (κ2) is 15.7. The summed E-state index contributed by atoms with van der Waals surface area (Å²) >= 11 is 0. The molecule has 0 unspecified atom stereocenters. The summed E-state index contributed by atoms with van der Waals surface area (Å²) in [4.78, 5) is 0. The molecule has 0 aliphatic heterocycles. The summed E-state index contributed by atoms with van der Waals surface area (Å²) in [7, 11) is 0. The summed E-state index contributed by atoms with van der Waals surface area (Å²) in [6.07, 6.45) is 0. The molecule has 3 heterocycles. The third-order valence-corrected chi connectivity index (χ3v) is 14.1. The molecule has 0 amide bonds. The van der Waals surface area contributed by atoms with Crippen LogP contribution in [0.4, 0.5) is 0 Å². The van der Waals surface area contributed by atoms with Gasteiger partial charge in [-0.25, -0.2) is 0 Å². The van der Waals surface area contributed by atoms with E-state index >= 15 is 0 Å². The maximum Gasteiger partial charge on any atom is 0.135 e. The van der Waals surface area contributed by atoms with Gasteiger partial charge < -0.3 is 13.6 Å². The minimum atomic E-state index is 0.873. The van der Waals surface area contributed by atoms with Crippen LogP contribution in [0.5, 0.6) is 0 Å². The van der Waals surface area contributed by atoms with Crippen LogP contribution in [0.1, 0.15) is 0 Å². The molecule has 69 heavy (non-hydrogen) atoms. The molecule has 14 rings (SSSR count). The third-order valence-electron chi connectivity index (χ3n) is 14.1. The largest absolute Gasteiger partial charge is 0.456 e. The van der Waals surface area contributed by atoms with Crippen molar-refractivity contribution in [2.45, 2.75) is 0 Å². The van der Waals surface area contributed by atoms with Gasteiger partial charge in [0.15, 0.2) is 0 Å². The van der Waals surface area contributed by atoms with Crippen LogP contribution in [0.15, 0.2) is 259 Å². The zero-order chi connectivity index (χ0) is 45.4. The molecule has 0 aliphatic rings. The topological polar surface area (TPSA) is 23.0 Å². The first kappa shape index (κ1) is 39.0. The van der Waals surface area contributed by atoms with Gasteiger partial charge in [0.25, 0.3) is 0 Å². The van der Waals surface area contributed by atoms with Crippen LogP contribution in [0.25, 0.3) is 133 Å². The van der Waals surface area contributed by atoms with E-state index in [4.69, 9.17) is 4.42 Å². The molecular weight excluding hydrogens is 837 g/mol. The Morgan fingerprint density at radius 2 is 0.536 bits per heavy atom. The number of benzene rings is 11. The average molecular weight is 879 g/mol. The number of rotatable bonds is 7. The van der Waals surface area contributed by atoms with Gasteiger partial charge in [0.2, 0.25) is 0 Å². The maximum atomic E-state index is 6.52. The molecule has 0 spiro atoms. The fourth-order valence-corrected chi connectivity index (χ4v) is 10.8. The molecule has 3 aromatic heterocycles. The van der Waals surface area contributed by atoms with Crippen molar-refractivity contribution in [3.8, 4) is 67.0 Å². The van der Waals surface area contributed by atoms with Crippen molar-refractivity contribution in [3.05, 3.63) is 255 Å². The molecule has 0 radical (unpaired) electrons. The van der Waals surface area contributed by atoms with Crippen LogP contribution < -0.4 is 0 Å². The van der Waals surface area contributed by atoms with Crippen LogP contribution >= 0.6 is 0 Å². The summed E-state index contributed by atoms with van der Waals surface area (Å²) in [6, 6.07) is 92.4. The number of aromatic nitrogens is 2. The van der Waals surface area contributed by atoms with E-state index < -0.39 is 0 Å². The Hall–Kier alpha value is -9.18. The van der Waals surface area contributed by atoms with Crippen LogP contribution in [0, 0.1) is 0 Å². The Kier molecular flexibility index (Phi) is 8.90. The predicted molar refractivity (Wildman–Crippen MR) is 290 cm³/mol. The van der Waals surface area contributed by atoms with Crippen LogP contribution in [0.2, 0.25) is 0 Å². The highest BCUT2D eigenvalue weighted by Gasteiger charge is 2.19. The van der Waals surface area contributed by atoms with Crippen LogP contribution in [-0.4, -0.2) is 9.13 Å². The summed E-state index contributed by atoms with van der Waals surface area (Å²) in [5, 5.41) is 7.11. The highest BCUT2D eigenvalue weighted by molar-refractivity contribution is 6.14. The molecule has 0 atom stereocenters. The lowest BCUT2D eigenvalue weighted by Gasteiger charge is -2.11. The molecule has 3 nitrogen and oxygen atoms in total. The molecule has 0 aliphatic carbocycles. The van der Waals surface area contributed by atoms with Gasteiger partial charge in [-0.2, -0.15) is 0 Å². The Labute approximate surface area is 399 Å². The maximum absolute atomic E-state index is 6.52. The van der Waals surface area contributed by atoms with E-state index in [0.29, 0.717) is 0 Å². The van der Waals surface area contributed by atoms with Gasteiger partial charge in [0, 0.05) is 43.7 Å². The first-order chi connectivity index (χ1) is 34.2. The zero-order valence-corrected chi connectivity index (χ0v) is 37.6. The molecule has 0 fully saturated rings. The number of fused-ring (bicyclic) bond motifs is 9. The van der Waals surface area contributed by atoms with Crippen molar-refractivity contribution in [3.63, 3.8) is 0 Å². The predicted octanol–water partition coefficient (Wildman–Crippen LogP) is 18.1. The highest BCUT2D eigenvalue weighted by Crippen LogP contribution is 2.41. The monoisotopic (exact) mass is 878 g/mol. The van der Waals surface area contributed by atoms with Gasteiger partial charge in [-0.3, -0.25) is 0 Å². The normalized spacial score (nSPS) is 11.8. The van der Waals surface area contributed by atoms with Gasteiger partial charge >= 0.3 is 0 Å². The van der Waals surface area contributed by atoms with E-state index in [1.54, 1.807) is 0 Å². The summed E-state index contributed by atoms with van der Waals surface area (Å²) in [5.41, 5.74) is 20.6. The quantitative estimate of drug-likeness (QED) is 0.156. The lowest BCUT2D eigenvalue weighted by atomic mass is 9.94. The fraction of sp³-hybridized carbons (Fsp3) is 0. The Balaban J connectivity index is 0.842. The van der Waals surface area contributed by atoms with Crippen molar-refractivity contribution in [2.24, 2.45) is 0 Å². The SMILES string of the molecule is c1ccc(-c2cccc(-c3cccc(-c4cccc(-c5ccc6oc7ccc(-n8c9ccccc9c9cc(-n%10c%11ccccc%11c%11cc(-c%12ccccc%12)ccc%11%10)ccc98)cc7c6c5)c4)c3)c2)cc1. The van der Waals surface area contributed by atoms with Crippen LogP contribution in [0.3, 0.4) is 0 Å². The van der Waals surface area contributed by atoms with E-state index in [1.807, 2.05) is 0 Å². The molecule has 0 saturated carbocycles. The summed E-state index contributed by atoms with van der Waals surface area (Å²) < 4.78 is 11.4. The minimum absolute atomic E-state index is 0.873. The van der Waals surface area contributed by atoms with E-state index in [2.05, 4.69) is 264 Å². The van der Waals surface area contributed by atoms with Gasteiger partial charge in [-0.15, -0.1) is 0 Å². The standard InChI is InChI=1S/C66H42N2O/c1-3-14-43(15-4-1)45-18-11-19-46(36-45)47-20-12-21-48(37-47)49-22-13-23-50(38-49)52-29-34-65-59(40-52)60-42-54(31-35-66(60)69-65)68-62-27-10-8-25-56(62)58-41-53(30-33-64(58)68)67-61-26-9-7-24-55(61)57-39-51(28-32-63(57)67)44-16-5-2-6-17-44/h1-42H. The molecular formula is C66H42N2O. The molecule has 0 saturated heterocycles. The van der Waals surface area contributed by atoms with Crippen LogP contribution in [-0.2, 0) is 0 Å². The molecule has 0 N–H and O–H groups in total. The smallest absolute Gasteiger partial charge is 0.135 e. The number of hydrogen-bond acceptors (Lipinski definition) is 1. The Bertz CT molecular complexity index is 4300. The lowest BCUT2D eigenvalue weighted by Crippen LogP contribution is -1.95. The van der Waals surface area contributed by atoms with Gasteiger partial charge in [-0.1, -0.05) is 164 Å². The molecule has 3 heteroatoms. The number of furan rings is 1. The third kappa shape index (κ3) is 6.51. The molecule has 11 aromatic carbocycles. The molecule has 322 valence electrons. The lowest BCUT2D eigenvalue weighted by molar-refractivity contribution is 0.669. The molecule has 14 aromatic rings. The average Bonchev–Trinajstić information content (AvgIpc) is 4.08. The van der Waals surface area contributed by atoms with Crippen molar-refractivity contribution in [1.29, 1.82) is 0 Å². The van der Waals surface area contributed by atoms with E-state index in [-0.39, 0.29) is 0 Å². The summed E-state index contributed by atoms with van der Waals surface area (Å²) in [5.74, 6) is 0. The number of para-hydroxylation sites is 2. The Morgan fingerprint density at radius 3 is 1.09 bits per heavy atom. The van der Waals surface area contributed by atoms with Gasteiger partial charge in [0.05, 0.1) is 22.1 Å².